The molecule has 0 bridgehead atoms. The molecule has 0 aliphatic carbocycles. The van der Waals surface area contributed by atoms with E-state index in [9.17, 15) is 9.59 Å². The Morgan fingerprint density at radius 1 is 1.57 bits per heavy atom. The number of nitrogens with zero attached hydrogens (tertiary/aromatic N) is 4. The molecule has 1 aromatic heterocycles. The number of nitrogens with one attached hydrogen (secondary N) is 1. The van der Waals surface area contributed by atoms with Gasteiger partial charge < -0.3 is 20.1 Å². The van der Waals surface area contributed by atoms with Crippen LogP contribution >= 0.6 is 0 Å². The number of rotatable bonds is 8. The van der Waals surface area contributed by atoms with E-state index in [1.807, 2.05) is 6.07 Å². The molecule has 0 aromatic carbocycles. The Kier molecular flexibility index (Phi) is 6.70. The maximum absolute atomic E-state index is 12.1. The number of aliphatic carboxylic acids is 1. The normalized spacial score (nSPS) is 9.90. The van der Waals surface area contributed by atoms with Crippen LogP contribution < -0.4 is 5.32 Å². The second kappa shape index (κ2) is 8.55. The SMILES string of the molecule is COCCN(CCC#N)C(=O)Nc1cnn(CC(=O)O)c1. The number of carbonyl (C=O) groups excluding carboxylic acids is 1. The minimum absolute atomic E-state index is 0.218. The predicted molar refractivity (Wildman–Crippen MR) is 72.6 cm³/mol. The van der Waals surface area contributed by atoms with Crippen molar-refractivity contribution in [2.24, 2.45) is 0 Å². The molecular formula is C12H17N5O4. The summed E-state index contributed by atoms with van der Waals surface area (Å²) in [5.74, 6) is -1.02. The molecule has 0 fully saturated rings. The molecule has 0 radical (unpaired) electrons. The largest absolute Gasteiger partial charge is 0.480 e. The van der Waals surface area contributed by atoms with Gasteiger partial charge in [-0.2, -0.15) is 10.4 Å². The summed E-state index contributed by atoms with van der Waals surface area (Å²) in [4.78, 5) is 24.0. The Hall–Kier alpha value is -2.60. The fraction of sp³-hybridized carbons (Fsp3) is 0.500. The second-order valence-corrected chi connectivity index (χ2v) is 4.14. The summed E-state index contributed by atoms with van der Waals surface area (Å²) in [7, 11) is 1.52. The first-order chi connectivity index (χ1) is 10.1. The van der Waals surface area contributed by atoms with E-state index in [0.717, 1.165) is 0 Å². The van der Waals surface area contributed by atoms with Crippen molar-refractivity contribution in [3.8, 4) is 6.07 Å². The number of carboxylic acid groups (broad SMARTS) is 1. The Morgan fingerprint density at radius 3 is 2.95 bits per heavy atom. The lowest BCUT2D eigenvalue weighted by Gasteiger charge is -2.21. The van der Waals surface area contributed by atoms with Gasteiger partial charge in [-0.05, 0) is 0 Å². The van der Waals surface area contributed by atoms with E-state index in [-0.39, 0.29) is 19.5 Å². The summed E-state index contributed by atoms with van der Waals surface area (Å²) in [6, 6.07) is 1.58. The van der Waals surface area contributed by atoms with Gasteiger partial charge in [0.25, 0.3) is 0 Å². The van der Waals surface area contributed by atoms with Gasteiger partial charge in [0, 0.05) is 26.4 Å². The Bertz CT molecular complexity index is 522. The highest BCUT2D eigenvalue weighted by Gasteiger charge is 2.14. The molecule has 0 saturated heterocycles. The number of ether oxygens (including phenoxy) is 1. The molecule has 0 aliphatic rings. The molecule has 9 heteroatoms. The molecular weight excluding hydrogens is 278 g/mol. The third kappa shape index (κ3) is 5.92. The van der Waals surface area contributed by atoms with Crippen LogP contribution in [0.15, 0.2) is 12.4 Å². The van der Waals surface area contributed by atoms with E-state index < -0.39 is 12.0 Å². The number of carbonyl (C=O) groups is 2. The van der Waals surface area contributed by atoms with Gasteiger partial charge >= 0.3 is 12.0 Å². The molecule has 114 valence electrons. The minimum Gasteiger partial charge on any atom is -0.480 e. The van der Waals surface area contributed by atoms with Crippen LogP contribution in [0.4, 0.5) is 10.5 Å². The molecule has 0 atom stereocenters. The first-order valence-electron chi connectivity index (χ1n) is 6.23. The summed E-state index contributed by atoms with van der Waals surface area (Å²) in [5, 5.41) is 23.6. The van der Waals surface area contributed by atoms with Gasteiger partial charge in [0.2, 0.25) is 0 Å². The van der Waals surface area contributed by atoms with Crippen molar-refractivity contribution in [1.82, 2.24) is 14.7 Å². The molecule has 0 aliphatic heterocycles. The molecule has 1 heterocycles. The first-order valence-corrected chi connectivity index (χ1v) is 6.23. The second-order valence-electron chi connectivity index (χ2n) is 4.14. The van der Waals surface area contributed by atoms with Crippen LogP contribution in [0.1, 0.15) is 6.42 Å². The number of urea groups is 1. The molecule has 1 aromatic rings. The van der Waals surface area contributed by atoms with Crippen molar-refractivity contribution in [2.45, 2.75) is 13.0 Å². The van der Waals surface area contributed by atoms with Gasteiger partial charge in [0.15, 0.2) is 0 Å². The highest BCUT2D eigenvalue weighted by molar-refractivity contribution is 5.89. The maximum Gasteiger partial charge on any atom is 0.325 e. The van der Waals surface area contributed by atoms with Crippen molar-refractivity contribution in [3.05, 3.63) is 12.4 Å². The molecule has 2 amide bonds. The summed E-state index contributed by atoms with van der Waals surface area (Å²) < 4.78 is 6.12. The van der Waals surface area contributed by atoms with Crippen LogP contribution in [0.3, 0.4) is 0 Å². The predicted octanol–water partition coefficient (Wildman–Crippen LogP) is 0.362. The lowest BCUT2D eigenvalue weighted by molar-refractivity contribution is -0.137. The fourth-order valence-corrected chi connectivity index (χ4v) is 1.56. The van der Waals surface area contributed by atoms with E-state index in [0.29, 0.717) is 18.8 Å². The van der Waals surface area contributed by atoms with Crippen molar-refractivity contribution < 1.29 is 19.4 Å². The Labute approximate surface area is 121 Å². The number of anilines is 1. The number of hydrogen-bond donors (Lipinski definition) is 2. The molecule has 2 N–H and O–H groups in total. The first kappa shape index (κ1) is 16.5. The van der Waals surface area contributed by atoms with Crippen LogP contribution in [0, 0.1) is 11.3 Å². The zero-order valence-corrected chi connectivity index (χ0v) is 11.7. The van der Waals surface area contributed by atoms with Crippen molar-refractivity contribution in [3.63, 3.8) is 0 Å². The number of nitriles is 1. The summed E-state index contributed by atoms with van der Waals surface area (Å²) in [5.41, 5.74) is 0.389. The van der Waals surface area contributed by atoms with Crippen LogP contribution in [0.25, 0.3) is 0 Å². The number of aromatic nitrogens is 2. The lowest BCUT2D eigenvalue weighted by Crippen LogP contribution is -2.37. The zero-order chi connectivity index (χ0) is 15.7. The molecule has 1 rings (SSSR count). The Morgan fingerprint density at radius 2 is 2.33 bits per heavy atom. The lowest BCUT2D eigenvalue weighted by atomic mass is 10.4. The summed E-state index contributed by atoms with van der Waals surface area (Å²) in [6.07, 6.45) is 3.00. The third-order valence-corrected chi connectivity index (χ3v) is 2.53. The molecule has 0 spiro atoms. The third-order valence-electron chi connectivity index (χ3n) is 2.53. The number of carboxylic acids is 1. The number of methoxy groups -OCH3 is 1. The van der Waals surface area contributed by atoms with Gasteiger partial charge in [-0.1, -0.05) is 0 Å². The number of amides is 2. The van der Waals surface area contributed by atoms with Crippen molar-refractivity contribution in [2.75, 3.05) is 32.1 Å². The highest BCUT2D eigenvalue weighted by atomic mass is 16.5. The van der Waals surface area contributed by atoms with Gasteiger partial charge in [-0.3, -0.25) is 9.48 Å². The smallest absolute Gasteiger partial charge is 0.325 e. The van der Waals surface area contributed by atoms with Gasteiger partial charge in [0.1, 0.15) is 6.54 Å². The summed E-state index contributed by atoms with van der Waals surface area (Å²) in [6.45, 7) is 0.719. The fourth-order valence-electron chi connectivity index (χ4n) is 1.56. The van der Waals surface area contributed by atoms with E-state index in [1.54, 1.807) is 0 Å². The van der Waals surface area contributed by atoms with E-state index in [4.69, 9.17) is 15.1 Å². The topological polar surface area (TPSA) is 120 Å². The van der Waals surface area contributed by atoms with Crippen LogP contribution in [-0.2, 0) is 16.1 Å². The number of hydrogen-bond acceptors (Lipinski definition) is 5. The zero-order valence-electron chi connectivity index (χ0n) is 11.7. The van der Waals surface area contributed by atoms with Crippen LogP contribution in [0.2, 0.25) is 0 Å². The quantitative estimate of drug-likeness (QED) is 0.714. The van der Waals surface area contributed by atoms with Gasteiger partial charge in [-0.15, -0.1) is 0 Å². The molecule has 21 heavy (non-hydrogen) atoms. The van der Waals surface area contributed by atoms with Crippen molar-refractivity contribution in [1.29, 1.82) is 5.26 Å². The molecule has 9 nitrogen and oxygen atoms in total. The standard InChI is InChI=1S/C12H17N5O4/c1-21-6-5-16(4-2-3-13)12(20)15-10-7-14-17(8-10)9-11(18)19/h7-8H,2,4-6,9H2,1H3,(H,15,20)(H,18,19). The van der Waals surface area contributed by atoms with E-state index in [1.165, 1.54) is 29.1 Å². The van der Waals surface area contributed by atoms with Crippen molar-refractivity contribution >= 4 is 17.7 Å². The monoisotopic (exact) mass is 295 g/mol. The summed E-state index contributed by atoms with van der Waals surface area (Å²) >= 11 is 0. The van der Waals surface area contributed by atoms with Crippen LogP contribution in [-0.4, -0.2) is 58.6 Å². The molecule has 0 unspecified atom stereocenters. The van der Waals surface area contributed by atoms with Crippen LogP contribution in [0.5, 0.6) is 0 Å². The van der Waals surface area contributed by atoms with E-state index >= 15 is 0 Å². The van der Waals surface area contributed by atoms with Gasteiger partial charge in [0.05, 0.1) is 31.0 Å². The average Bonchev–Trinajstić information content (AvgIpc) is 2.85. The maximum atomic E-state index is 12.1. The highest BCUT2D eigenvalue weighted by Crippen LogP contribution is 2.07. The van der Waals surface area contributed by atoms with Gasteiger partial charge in [-0.25, -0.2) is 4.79 Å². The Balaban J connectivity index is 2.60. The van der Waals surface area contributed by atoms with E-state index in [2.05, 4.69) is 10.4 Å². The molecule has 0 saturated carbocycles. The minimum atomic E-state index is -1.02. The average molecular weight is 295 g/mol.